The van der Waals surface area contributed by atoms with E-state index in [0.29, 0.717) is 34.3 Å². The van der Waals surface area contributed by atoms with Crippen molar-refractivity contribution < 1.29 is 18.0 Å². The second kappa shape index (κ2) is 10.3. The van der Waals surface area contributed by atoms with Gasteiger partial charge in [0.2, 0.25) is 21.8 Å². The molecule has 2 aromatic carbocycles. The Balaban J connectivity index is 1.47. The highest BCUT2D eigenvalue weighted by Gasteiger charge is 2.31. The summed E-state index contributed by atoms with van der Waals surface area (Å²) in [6.45, 7) is 4.68. The number of aryl methyl sites for hydroxylation is 2. The third kappa shape index (κ3) is 5.99. The highest BCUT2D eigenvalue weighted by Crippen LogP contribution is 2.22. The van der Waals surface area contributed by atoms with Gasteiger partial charge in [-0.05, 0) is 49.2 Å². The van der Waals surface area contributed by atoms with Gasteiger partial charge in [0.1, 0.15) is 0 Å². The van der Waals surface area contributed by atoms with Crippen LogP contribution in [0.2, 0.25) is 5.02 Å². The van der Waals surface area contributed by atoms with E-state index in [2.05, 4.69) is 10.9 Å². The molecule has 1 aliphatic heterocycles. The molecule has 172 valence electrons. The zero-order valence-corrected chi connectivity index (χ0v) is 19.7. The molecule has 0 unspecified atom stereocenters. The molecule has 0 aromatic heterocycles. The summed E-state index contributed by atoms with van der Waals surface area (Å²) in [6, 6.07) is 12.3. The number of hydrogen-bond donors (Lipinski definition) is 2. The summed E-state index contributed by atoms with van der Waals surface area (Å²) in [4.78, 5) is 26.4. The van der Waals surface area contributed by atoms with Gasteiger partial charge in [0.25, 0.3) is 0 Å². The van der Waals surface area contributed by atoms with E-state index < -0.39 is 10.0 Å². The van der Waals surface area contributed by atoms with Crippen molar-refractivity contribution >= 4 is 39.1 Å². The lowest BCUT2D eigenvalue weighted by molar-refractivity contribution is -0.134. The van der Waals surface area contributed by atoms with Crippen LogP contribution in [0, 0.1) is 13.8 Å². The summed E-state index contributed by atoms with van der Waals surface area (Å²) in [5, 5.41) is 0.540. The summed E-state index contributed by atoms with van der Waals surface area (Å²) in [7, 11) is -3.61. The summed E-state index contributed by atoms with van der Waals surface area (Å²) in [6.07, 6.45) is 0.0696. The van der Waals surface area contributed by atoms with E-state index in [4.69, 9.17) is 11.6 Å². The number of amides is 2. The maximum atomic E-state index is 13.0. The number of hydrogen-bond acceptors (Lipinski definition) is 5. The normalized spacial score (nSPS) is 14.8. The molecular formula is C22H27ClN4O4S. The number of sulfonamides is 1. The van der Waals surface area contributed by atoms with E-state index in [0.717, 1.165) is 5.56 Å². The molecule has 0 spiro atoms. The van der Waals surface area contributed by atoms with Gasteiger partial charge in [0.05, 0.1) is 10.6 Å². The van der Waals surface area contributed by atoms with Crippen LogP contribution in [0.3, 0.4) is 0 Å². The molecule has 8 nitrogen and oxygen atoms in total. The van der Waals surface area contributed by atoms with Gasteiger partial charge in [0, 0.05) is 44.0 Å². The van der Waals surface area contributed by atoms with Crippen molar-refractivity contribution in [1.82, 2.24) is 14.6 Å². The molecule has 1 fully saturated rings. The van der Waals surface area contributed by atoms with Gasteiger partial charge in [-0.25, -0.2) is 8.42 Å². The first-order chi connectivity index (χ1) is 15.2. The minimum atomic E-state index is -3.61. The van der Waals surface area contributed by atoms with E-state index in [9.17, 15) is 18.0 Å². The van der Waals surface area contributed by atoms with Crippen molar-refractivity contribution in [3.8, 4) is 0 Å². The minimum Gasteiger partial charge on any atom is -0.340 e. The molecular weight excluding hydrogens is 452 g/mol. The summed E-state index contributed by atoms with van der Waals surface area (Å²) in [5.41, 5.74) is 7.50. The van der Waals surface area contributed by atoms with Gasteiger partial charge in [0.15, 0.2) is 0 Å². The van der Waals surface area contributed by atoms with Crippen LogP contribution < -0.4 is 10.9 Å². The largest absolute Gasteiger partial charge is 0.340 e. The van der Waals surface area contributed by atoms with Crippen LogP contribution in [0.4, 0.5) is 5.69 Å². The molecule has 1 aliphatic rings. The third-order valence-corrected chi connectivity index (χ3v) is 7.57. The van der Waals surface area contributed by atoms with Crippen LogP contribution in [0.25, 0.3) is 0 Å². The second-order valence-corrected chi connectivity index (χ2v) is 10.1. The van der Waals surface area contributed by atoms with Crippen molar-refractivity contribution in [1.29, 1.82) is 0 Å². The van der Waals surface area contributed by atoms with Crippen molar-refractivity contribution in [2.75, 3.05) is 31.6 Å². The Morgan fingerprint density at radius 1 is 1.00 bits per heavy atom. The SMILES string of the molecule is Cc1ccc(C)c(S(=O)(=O)N2CCN(C(=O)CCC(=O)NNc3cccc(Cl)c3)CC2)c1. The van der Waals surface area contributed by atoms with Crippen LogP contribution in [0.1, 0.15) is 24.0 Å². The highest BCUT2D eigenvalue weighted by atomic mass is 35.5. The molecule has 3 rings (SSSR count). The molecule has 1 saturated heterocycles. The Hall–Kier alpha value is -2.62. The van der Waals surface area contributed by atoms with E-state index >= 15 is 0 Å². The van der Waals surface area contributed by atoms with Crippen LogP contribution in [-0.2, 0) is 19.6 Å². The maximum Gasteiger partial charge on any atom is 0.243 e. The van der Waals surface area contributed by atoms with Crippen molar-refractivity contribution in [3.63, 3.8) is 0 Å². The Morgan fingerprint density at radius 3 is 2.41 bits per heavy atom. The van der Waals surface area contributed by atoms with Crippen LogP contribution in [-0.4, -0.2) is 55.6 Å². The summed E-state index contributed by atoms with van der Waals surface area (Å²) in [5.74, 6) is -0.499. The predicted octanol–water partition coefficient (Wildman–Crippen LogP) is 2.71. The number of halogens is 1. The zero-order valence-electron chi connectivity index (χ0n) is 18.1. The fourth-order valence-corrected chi connectivity index (χ4v) is 5.37. The molecule has 10 heteroatoms. The van der Waals surface area contributed by atoms with Gasteiger partial charge in [-0.2, -0.15) is 4.31 Å². The van der Waals surface area contributed by atoms with Gasteiger partial charge < -0.3 is 4.90 Å². The summed E-state index contributed by atoms with van der Waals surface area (Å²) >= 11 is 5.89. The summed E-state index contributed by atoms with van der Waals surface area (Å²) < 4.78 is 27.4. The average Bonchev–Trinajstić information content (AvgIpc) is 2.77. The lowest BCUT2D eigenvalue weighted by Gasteiger charge is -2.34. The molecule has 2 amide bonds. The first-order valence-corrected chi connectivity index (χ1v) is 12.1. The maximum absolute atomic E-state index is 13.0. The lowest BCUT2D eigenvalue weighted by atomic mass is 10.2. The monoisotopic (exact) mass is 478 g/mol. The molecule has 0 saturated carbocycles. The molecule has 0 atom stereocenters. The average molecular weight is 479 g/mol. The molecule has 0 radical (unpaired) electrons. The number of piperazine rings is 1. The zero-order chi connectivity index (χ0) is 23.3. The molecule has 0 aliphatic carbocycles. The minimum absolute atomic E-state index is 0.0212. The van der Waals surface area contributed by atoms with E-state index in [1.807, 2.05) is 13.0 Å². The molecule has 2 N–H and O–H groups in total. The Morgan fingerprint density at radius 2 is 1.72 bits per heavy atom. The fraction of sp³-hybridized carbons (Fsp3) is 0.364. The quantitative estimate of drug-likeness (QED) is 0.596. The van der Waals surface area contributed by atoms with Crippen molar-refractivity contribution in [2.24, 2.45) is 0 Å². The van der Waals surface area contributed by atoms with Gasteiger partial charge in [-0.3, -0.25) is 20.4 Å². The smallest absolute Gasteiger partial charge is 0.243 e. The lowest BCUT2D eigenvalue weighted by Crippen LogP contribution is -2.50. The Kier molecular flexibility index (Phi) is 7.76. The van der Waals surface area contributed by atoms with Gasteiger partial charge >= 0.3 is 0 Å². The van der Waals surface area contributed by atoms with E-state index in [-0.39, 0.29) is 37.7 Å². The first kappa shape index (κ1) is 24.0. The molecule has 2 aromatic rings. The predicted molar refractivity (Wildman–Crippen MR) is 124 cm³/mol. The van der Waals surface area contributed by atoms with Gasteiger partial charge in [-0.1, -0.05) is 29.8 Å². The van der Waals surface area contributed by atoms with Crippen molar-refractivity contribution in [3.05, 3.63) is 58.6 Å². The number of rotatable bonds is 7. The number of nitrogens with one attached hydrogen (secondary N) is 2. The Bertz CT molecular complexity index is 1100. The second-order valence-electron chi connectivity index (χ2n) is 7.74. The van der Waals surface area contributed by atoms with Gasteiger partial charge in [-0.15, -0.1) is 0 Å². The molecule has 0 bridgehead atoms. The Labute approximate surface area is 193 Å². The molecule has 32 heavy (non-hydrogen) atoms. The van der Waals surface area contributed by atoms with Crippen LogP contribution in [0.15, 0.2) is 47.4 Å². The number of carbonyl (C=O) groups is 2. The van der Waals surface area contributed by atoms with Crippen LogP contribution in [0.5, 0.6) is 0 Å². The topological polar surface area (TPSA) is 98.8 Å². The van der Waals surface area contributed by atoms with Crippen LogP contribution >= 0.6 is 11.6 Å². The van der Waals surface area contributed by atoms with Crippen molar-refractivity contribution in [2.45, 2.75) is 31.6 Å². The number of anilines is 1. The number of nitrogens with zero attached hydrogens (tertiary/aromatic N) is 2. The number of carbonyl (C=O) groups excluding carboxylic acids is 2. The highest BCUT2D eigenvalue weighted by molar-refractivity contribution is 7.89. The fourth-order valence-electron chi connectivity index (χ4n) is 3.45. The standard InChI is InChI=1S/C22H27ClN4O4S/c1-16-6-7-17(2)20(14-16)32(30,31)27-12-10-26(11-13-27)22(29)9-8-21(28)25-24-19-5-3-4-18(23)15-19/h3-7,14-15,24H,8-13H2,1-2H3,(H,25,28). The third-order valence-electron chi connectivity index (χ3n) is 5.29. The van der Waals surface area contributed by atoms with E-state index in [1.54, 1.807) is 48.2 Å². The molecule has 1 heterocycles. The first-order valence-electron chi connectivity index (χ1n) is 10.3. The number of benzene rings is 2. The number of hydrazine groups is 1. The van der Waals surface area contributed by atoms with E-state index in [1.165, 1.54) is 4.31 Å².